The zero-order valence-electron chi connectivity index (χ0n) is 15.3. The van der Waals surface area contributed by atoms with Crippen LogP contribution in [0.3, 0.4) is 0 Å². The van der Waals surface area contributed by atoms with Crippen molar-refractivity contribution in [2.45, 2.75) is 13.0 Å². The van der Waals surface area contributed by atoms with Crippen LogP contribution in [0, 0.1) is 16.7 Å². The second kappa shape index (κ2) is 6.17. The predicted molar refractivity (Wildman–Crippen MR) is 102 cm³/mol. The van der Waals surface area contributed by atoms with Gasteiger partial charge in [0.1, 0.15) is 22.9 Å². The van der Waals surface area contributed by atoms with Crippen molar-refractivity contribution in [2.75, 3.05) is 13.9 Å². The molecule has 0 saturated heterocycles. The maximum absolute atomic E-state index is 9.74. The third-order valence-corrected chi connectivity index (χ3v) is 5.34. The van der Waals surface area contributed by atoms with Crippen molar-refractivity contribution in [1.82, 2.24) is 4.57 Å². The highest BCUT2D eigenvalue weighted by molar-refractivity contribution is 5.78. The summed E-state index contributed by atoms with van der Waals surface area (Å²) < 4.78 is 18.2. The number of benzene rings is 2. The average Bonchev–Trinajstić information content (AvgIpc) is 3.19. The van der Waals surface area contributed by atoms with Gasteiger partial charge in [-0.3, -0.25) is 5.41 Å². The van der Waals surface area contributed by atoms with Gasteiger partial charge in [0.15, 0.2) is 11.5 Å². The number of methoxy groups -OCH3 is 1. The SMILES string of the molecule is COc1ccc(-c2cc3n(c(=N)c2C#N)CCc2cc4c(cc2-3)OCO4)cc1. The topological polar surface area (TPSA) is 80.3 Å². The molecule has 6 heteroatoms. The van der Waals surface area contributed by atoms with E-state index in [2.05, 4.69) is 6.07 Å². The van der Waals surface area contributed by atoms with Crippen molar-refractivity contribution >= 4 is 0 Å². The number of rotatable bonds is 2. The van der Waals surface area contributed by atoms with Crippen LogP contribution in [-0.2, 0) is 13.0 Å². The Morgan fingerprint density at radius 1 is 1.07 bits per heavy atom. The summed E-state index contributed by atoms with van der Waals surface area (Å²) in [5.74, 6) is 2.23. The van der Waals surface area contributed by atoms with E-state index in [-0.39, 0.29) is 12.3 Å². The molecule has 0 atom stereocenters. The molecule has 6 nitrogen and oxygen atoms in total. The Morgan fingerprint density at radius 3 is 2.54 bits per heavy atom. The Balaban J connectivity index is 1.75. The first kappa shape index (κ1) is 16.5. The normalized spacial score (nSPS) is 13.4. The van der Waals surface area contributed by atoms with E-state index in [1.165, 1.54) is 0 Å². The van der Waals surface area contributed by atoms with Crippen molar-refractivity contribution in [3.63, 3.8) is 0 Å². The van der Waals surface area contributed by atoms with E-state index in [0.29, 0.717) is 17.9 Å². The van der Waals surface area contributed by atoms with Gasteiger partial charge in [-0.1, -0.05) is 12.1 Å². The lowest BCUT2D eigenvalue weighted by atomic mass is 9.92. The maximum atomic E-state index is 9.74. The molecular weight excluding hydrogens is 354 g/mol. The highest BCUT2D eigenvalue weighted by Crippen LogP contribution is 2.41. The molecule has 2 aromatic carbocycles. The van der Waals surface area contributed by atoms with Gasteiger partial charge in [-0.25, -0.2) is 0 Å². The van der Waals surface area contributed by atoms with E-state index in [9.17, 15) is 5.26 Å². The molecule has 0 aliphatic carbocycles. The highest BCUT2D eigenvalue weighted by atomic mass is 16.7. The van der Waals surface area contributed by atoms with Gasteiger partial charge in [0.25, 0.3) is 0 Å². The standard InChI is InChI=1S/C22H17N3O3/c1-26-15-4-2-13(3-5-15)16-9-19-17-10-21-20(27-12-28-21)8-14(17)6-7-25(19)22(24)18(16)11-23/h2-5,8-10,24H,6-7,12H2,1H3. The number of hydrogen-bond acceptors (Lipinski definition) is 5. The Morgan fingerprint density at radius 2 is 1.82 bits per heavy atom. The molecule has 3 aromatic rings. The third-order valence-electron chi connectivity index (χ3n) is 5.34. The van der Waals surface area contributed by atoms with E-state index in [0.717, 1.165) is 45.9 Å². The lowest BCUT2D eigenvalue weighted by molar-refractivity contribution is 0.174. The number of nitrogens with one attached hydrogen (secondary N) is 1. The van der Waals surface area contributed by atoms with Gasteiger partial charge in [-0.2, -0.15) is 5.26 Å². The largest absolute Gasteiger partial charge is 0.497 e. The summed E-state index contributed by atoms with van der Waals surface area (Å²) >= 11 is 0. The summed E-state index contributed by atoms with van der Waals surface area (Å²) in [6.07, 6.45) is 0.780. The molecule has 3 heterocycles. The zero-order chi connectivity index (χ0) is 19.3. The average molecular weight is 371 g/mol. The second-order valence-electron chi connectivity index (χ2n) is 6.77. The molecule has 2 aliphatic rings. The predicted octanol–water partition coefficient (Wildman–Crippen LogP) is 3.47. The van der Waals surface area contributed by atoms with Gasteiger partial charge in [-0.05, 0) is 47.9 Å². The van der Waals surface area contributed by atoms with Gasteiger partial charge in [-0.15, -0.1) is 0 Å². The summed E-state index contributed by atoms with van der Waals surface area (Å²) in [6, 6.07) is 15.8. The fraction of sp³-hybridized carbons (Fsp3) is 0.182. The molecule has 0 bridgehead atoms. The minimum atomic E-state index is 0.229. The number of nitriles is 1. The van der Waals surface area contributed by atoms with E-state index in [1.807, 2.05) is 47.0 Å². The van der Waals surface area contributed by atoms with Crippen LogP contribution in [-0.4, -0.2) is 18.5 Å². The molecule has 0 fully saturated rings. The molecule has 138 valence electrons. The van der Waals surface area contributed by atoms with Crippen molar-refractivity contribution < 1.29 is 14.2 Å². The number of fused-ring (bicyclic) bond motifs is 4. The molecule has 0 saturated carbocycles. The molecule has 1 aromatic heterocycles. The number of ether oxygens (including phenoxy) is 3. The van der Waals surface area contributed by atoms with Crippen LogP contribution >= 0.6 is 0 Å². The number of aromatic nitrogens is 1. The first-order valence-electron chi connectivity index (χ1n) is 8.99. The Hall–Kier alpha value is -3.72. The zero-order valence-corrected chi connectivity index (χ0v) is 15.3. The molecule has 1 N–H and O–H groups in total. The van der Waals surface area contributed by atoms with Gasteiger partial charge in [0.05, 0.1) is 12.8 Å². The number of nitrogens with zero attached hydrogens (tertiary/aromatic N) is 2. The second-order valence-corrected chi connectivity index (χ2v) is 6.77. The summed E-state index contributed by atoms with van der Waals surface area (Å²) in [5.41, 5.74) is 5.31. The quantitative estimate of drug-likeness (QED) is 0.748. The van der Waals surface area contributed by atoms with E-state index >= 15 is 0 Å². The molecule has 0 spiro atoms. The van der Waals surface area contributed by atoms with E-state index in [1.54, 1.807) is 7.11 Å². The van der Waals surface area contributed by atoms with E-state index < -0.39 is 0 Å². The summed E-state index contributed by atoms with van der Waals surface area (Å²) in [5, 5.41) is 18.4. The molecule has 5 rings (SSSR count). The van der Waals surface area contributed by atoms with Gasteiger partial charge in [0.2, 0.25) is 6.79 Å². The summed E-state index contributed by atoms with van der Waals surface area (Å²) in [4.78, 5) is 0. The highest BCUT2D eigenvalue weighted by Gasteiger charge is 2.24. The lowest BCUT2D eigenvalue weighted by Crippen LogP contribution is -2.28. The molecule has 28 heavy (non-hydrogen) atoms. The smallest absolute Gasteiger partial charge is 0.231 e. The van der Waals surface area contributed by atoms with Crippen LogP contribution in [0.4, 0.5) is 0 Å². The van der Waals surface area contributed by atoms with Crippen molar-refractivity contribution in [3.05, 3.63) is 59.1 Å². The lowest BCUT2D eigenvalue weighted by Gasteiger charge is -2.24. The van der Waals surface area contributed by atoms with E-state index in [4.69, 9.17) is 19.6 Å². The fourth-order valence-electron chi connectivity index (χ4n) is 3.90. The minimum Gasteiger partial charge on any atom is -0.497 e. The van der Waals surface area contributed by atoms with Crippen LogP contribution in [0.2, 0.25) is 0 Å². The van der Waals surface area contributed by atoms with Crippen molar-refractivity contribution in [1.29, 1.82) is 10.7 Å². The Labute approximate surface area is 161 Å². The Bertz CT molecular complexity index is 1200. The molecular formula is C22H17N3O3. The summed E-state index contributed by atoms with van der Waals surface area (Å²) in [7, 11) is 1.62. The minimum absolute atomic E-state index is 0.229. The van der Waals surface area contributed by atoms with Crippen LogP contribution in [0.1, 0.15) is 11.1 Å². The number of aryl methyl sites for hydroxylation is 1. The maximum Gasteiger partial charge on any atom is 0.231 e. The van der Waals surface area contributed by atoms with Gasteiger partial charge in [0, 0.05) is 17.7 Å². The molecule has 0 amide bonds. The monoisotopic (exact) mass is 371 g/mol. The molecule has 0 unspecified atom stereocenters. The molecule has 2 aliphatic heterocycles. The van der Waals surface area contributed by atoms with Crippen molar-refractivity contribution in [3.8, 4) is 45.7 Å². The summed E-state index contributed by atoms with van der Waals surface area (Å²) in [6.45, 7) is 0.880. The first-order chi connectivity index (χ1) is 13.7. The first-order valence-corrected chi connectivity index (χ1v) is 8.99. The molecule has 0 radical (unpaired) electrons. The van der Waals surface area contributed by atoms with Crippen LogP contribution < -0.4 is 19.7 Å². The van der Waals surface area contributed by atoms with Crippen LogP contribution in [0.15, 0.2) is 42.5 Å². The fourth-order valence-corrected chi connectivity index (χ4v) is 3.90. The van der Waals surface area contributed by atoms with Crippen LogP contribution in [0.25, 0.3) is 22.4 Å². The van der Waals surface area contributed by atoms with Gasteiger partial charge >= 0.3 is 0 Å². The number of hydrogen-bond donors (Lipinski definition) is 1. The van der Waals surface area contributed by atoms with Crippen LogP contribution in [0.5, 0.6) is 17.2 Å². The van der Waals surface area contributed by atoms with Gasteiger partial charge < -0.3 is 18.8 Å². The number of pyridine rings is 1. The van der Waals surface area contributed by atoms with Crippen molar-refractivity contribution in [2.24, 2.45) is 0 Å². The Kier molecular flexibility index (Phi) is 3.63. The third kappa shape index (κ3) is 2.37.